The summed E-state index contributed by atoms with van der Waals surface area (Å²) in [6.45, 7) is 6.83. The predicted octanol–water partition coefficient (Wildman–Crippen LogP) is 3.93. The van der Waals surface area contributed by atoms with Gasteiger partial charge in [-0.1, -0.05) is 45.0 Å². The largest absolute Gasteiger partial charge is 0.352 e. The molecule has 0 aliphatic rings. The Bertz CT molecular complexity index is 971. The van der Waals surface area contributed by atoms with E-state index < -0.39 is 0 Å². The summed E-state index contributed by atoms with van der Waals surface area (Å²) in [5, 5.41) is 5.72. The van der Waals surface area contributed by atoms with Gasteiger partial charge in [-0.15, -0.1) is 0 Å². The maximum absolute atomic E-state index is 12.7. The number of hydrogen-bond donors (Lipinski definition) is 3. The van der Waals surface area contributed by atoms with Gasteiger partial charge in [0.2, 0.25) is 0 Å². The number of para-hydroxylation sites is 1. The first-order valence-electron chi connectivity index (χ1n) is 9.62. The van der Waals surface area contributed by atoms with Crippen LogP contribution in [0.1, 0.15) is 52.9 Å². The number of nitrogens with one attached hydrogen (secondary N) is 3. The molecule has 2 amide bonds. The molecule has 0 fully saturated rings. The number of aromatic nitrogens is 2. The van der Waals surface area contributed by atoms with Crippen molar-refractivity contribution in [3.8, 4) is 0 Å². The van der Waals surface area contributed by atoms with Crippen LogP contribution in [-0.2, 0) is 11.8 Å². The Morgan fingerprint density at radius 3 is 2.38 bits per heavy atom. The lowest BCUT2D eigenvalue weighted by molar-refractivity contribution is 0.0955. The number of nitrogens with zero attached hydrogens (tertiary/aromatic N) is 1. The van der Waals surface area contributed by atoms with Crippen molar-refractivity contribution in [2.45, 2.75) is 32.6 Å². The van der Waals surface area contributed by atoms with Crippen molar-refractivity contribution in [3.63, 3.8) is 0 Å². The number of rotatable bonds is 6. The summed E-state index contributed by atoms with van der Waals surface area (Å²) < 4.78 is 0. The summed E-state index contributed by atoms with van der Waals surface area (Å²) in [6.07, 6.45) is 4.03. The Morgan fingerprint density at radius 1 is 1.00 bits per heavy atom. The quantitative estimate of drug-likeness (QED) is 0.596. The molecule has 0 aliphatic heterocycles. The Labute approximate surface area is 170 Å². The molecule has 6 heteroatoms. The van der Waals surface area contributed by atoms with E-state index in [2.05, 4.69) is 41.4 Å². The van der Waals surface area contributed by atoms with Gasteiger partial charge in [0.15, 0.2) is 0 Å². The molecule has 29 heavy (non-hydrogen) atoms. The minimum atomic E-state index is -0.249. The summed E-state index contributed by atoms with van der Waals surface area (Å²) in [6, 6.07) is 14.5. The third-order valence-electron chi connectivity index (χ3n) is 4.64. The zero-order chi connectivity index (χ0) is 20.9. The number of carbonyl (C=O) groups is 2. The van der Waals surface area contributed by atoms with Crippen molar-refractivity contribution in [1.29, 1.82) is 0 Å². The molecule has 3 aromatic rings. The van der Waals surface area contributed by atoms with Crippen molar-refractivity contribution >= 4 is 17.5 Å². The van der Waals surface area contributed by atoms with Gasteiger partial charge in [0.05, 0.1) is 11.3 Å². The number of aromatic amines is 1. The third-order valence-corrected chi connectivity index (χ3v) is 4.64. The predicted molar refractivity (Wildman–Crippen MR) is 114 cm³/mol. The molecule has 0 bridgehead atoms. The van der Waals surface area contributed by atoms with Crippen molar-refractivity contribution in [2.24, 2.45) is 0 Å². The maximum Gasteiger partial charge on any atom is 0.255 e. The van der Waals surface area contributed by atoms with Gasteiger partial charge in [-0.25, -0.2) is 4.98 Å². The third kappa shape index (κ3) is 5.31. The van der Waals surface area contributed by atoms with Gasteiger partial charge in [0.25, 0.3) is 11.8 Å². The SMILES string of the molecule is CC(C)(C)c1ccc(C(=O)Nc2ccccc2C(=O)NCCc2ncc[nH]2)cc1. The molecule has 0 radical (unpaired) electrons. The van der Waals surface area contributed by atoms with Crippen LogP contribution in [0.4, 0.5) is 5.69 Å². The fraction of sp³-hybridized carbons (Fsp3) is 0.261. The van der Waals surface area contributed by atoms with Crippen LogP contribution in [0.25, 0.3) is 0 Å². The lowest BCUT2D eigenvalue weighted by Crippen LogP contribution is -2.27. The maximum atomic E-state index is 12.7. The summed E-state index contributed by atoms with van der Waals surface area (Å²) in [4.78, 5) is 32.4. The van der Waals surface area contributed by atoms with Crippen LogP contribution in [0, 0.1) is 0 Å². The zero-order valence-corrected chi connectivity index (χ0v) is 17.0. The Kier molecular flexibility index (Phi) is 6.12. The number of H-pyrrole nitrogens is 1. The second kappa shape index (κ2) is 8.73. The van der Waals surface area contributed by atoms with E-state index in [4.69, 9.17) is 0 Å². The molecule has 150 valence electrons. The summed E-state index contributed by atoms with van der Waals surface area (Å²) in [5.41, 5.74) is 2.63. The first-order valence-corrected chi connectivity index (χ1v) is 9.62. The molecular weight excluding hydrogens is 364 g/mol. The molecule has 0 saturated carbocycles. The first-order chi connectivity index (χ1) is 13.8. The van der Waals surface area contributed by atoms with Gasteiger partial charge < -0.3 is 15.6 Å². The summed E-state index contributed by atoms with van der Waals surface area (Å²) in [7, 11) is 0. The van der Waals surface area contributed by atoms with Crippen LogP contribution in [0.2, 0.25) is 0 Å². The minimum Gasteiger partial charge on any atom is -0.352 e. The molecule has 2 aromatic carbocycles. The molecule has 1 heterocycles. The van der Waals surface area contributed by atoms with Crippen molar-refractivity contribution in [3.05, 3.63) is 83.4 Å². The highest BCUT2D eigenvalue weighted by molar-refractivity contribution is 6.09. The highest BCUT2D eigenvalue weighted by atomic mass is 16.2. The van der Waals surface area contributed by atoms with Gasteiger partial charge in [-0.2, -0.15) is 0 Å². The number of carbonyl (C=O) groups excluding carboxylic acids is 2. The Morgan fingerprint density at radius 2 is 1.72 bits per heavy atom. The van der Waals surface area contributed by atoms with E-state index in [1.165, 1.54) is 0 Å². The number of amides is 2. The smallest absolute Gasteiger partial charge is 0.255 e. The van der Waals surface area contributed by atoms with E-state index in [9.17, 15) is 9.59 Å². The molecule has 6 nitrogen and oxygen atoms in total. The first kappa shape index (κ1) is 20.3. The molecule has 0 saturated heterocycles. The molecule has 0 atom stereocenters. The second-order valence-corrected chi connectivity index (χ2v) is 7.87. The normalized spacial score (nSPS) is 11.1. The molecule has 3 N–H and O–H groups in total. The molecule has 0 unspecified atom stereocenters. The van der Waals surface area contributed by atoms with Gasteiger partial charge in [-0.3, -0.25) is 9.59 Å². The lowest BCUT2D eigenvalue weighted by atomic mass is 9.86. The number of hydrogen-bond acceptors (Lipinski definition) is 3. The van der Waals surface area contributed by atoms with E-state index in [1.807, 2.05) is 24.3 Å². The monoisotopic (exact) mass is 390 g/mol. The van der Waals surface area contributed by atoms with Gasteiger partial charge in [0, 0.05) is 30.9 Å². The van der Waals surface area contributed by atoms with Gasteiger partial charge in [0.1, 0.15) is 5.82 Å². The van der Waals surface area contributed by atoms with Crippen LogP contribution in [0.15, 0.2) is 60.9 Å². The second-order valence-electron chi connectivity index (χ2n) is 7.87. The summed E-state index contributed by atoms with van der Waals surface area (Å²) >= 11 is 0. The summed E-state index contributed by atoms with van der Waals surface area (Å²) in [5.74, 6) is 0.322. The minimum absolute atomic E-state index is 0.0232. The Hall–Kier alpha value is -3.41. The molecule has 0 aliphatic carbocycles. The average molecular weight is 390 g/mol. The number of imidazole rings is 1. The van der Waals surface area contributed by atoms with Gasteiger partial charge in [-0.05, 0) is 35.2 Å². The standard InChI is InChI=1S/C23H26N4O2/c1-23(2,3)17-10-8-16(9-11-17)21(28)27-19-7-5-4-6-18(19)22(29)26-13-12-20-24-14-15-25-20/h4-11,14-15H,12-13H2,1-3H3,(H,24,25)(H,26,29)(H,27,28). The van der Waals surface area contributed by atoms with Crippen LogP contribution in [-0.4, -0.2) is 28.3 Å². The fourth-order valence-electron chi connectivity index (χ4n) is 2.93. The lowest BCUT2D eigenvalue weighted by Gasteiger charge is -2.19. The van der Waals surface area contributed by atoms with E-state index in [0.29, 0.717) is 29.8 Å². The zero-order valence-electron chi connectivity index (χ0n) is 17.0. The van der Waals surface area contributed by atoms with Crippen molar-refractivity contribution in [1.82, 2.24) is 15.3 Å². The Balaban J connectivity index is 1.66. The van der Waals surface area contributed by atoms with Crippen molar-refractivity contribution < 1.29 is 9.59 Å². The van der Waals surface area contributed by atoms with Crippen LogP contribution in [0.3, 0.4) is 0 Å². The molecule has 1 aromatic heterocycles. The van der Waals surface area contributed by atoms with E-state index in [1.54, 1.807) is 36.7 Å². The van der Waals surface area contributed by atoms with E-state index >= 15 is 0 Å². The molecule has 3 rings (SSSR count). The van der Waals surface area contributed by atoms with Crippen molar-refractivity contribution in [2.75, 3.05) is 11.9 Å². The number of benzene rings is 2. The highest BCUT2D eigenvalue weighted by Gasteiger charge is 2.16. The molecular formula is C23H26N4O2. The van der Waals surface area contributed by atoms with Crippen LogP contribution in [0.5, 0.6) is 0 Å². The van der Waals surface area contributed by atoms with Crippen LogP contribution < -0.4 is 10.6 Å². The topological polar surface area (TPSA) is 86.9 Å². The molecule has 0 spiro atoms. The highest BCUT2D eigenvalue weighted by Crippen LogP contribution is 2.23. The average Bonchev–Trinajstić information content (AvgIpc) is 3.21. The van der Waals surface area contributed by atoms with E-state index in [0.717, 1.165) is 11.4 Å². The van der Waals surface area contributed by atoms with Gasteiger partial charge >= 0.3 is 0 Å². The number of anilines is 1. The van der Waals surface area contributed by atoms with E-state index in [-0.39, 0.29) is 17.2 Å². The fourth-order valence-corrected chi connectivity index (χ4v) is 2.93. The van der Waals surface area contributed by atoms with Crippen LogP contribution >= 0.6 is 0 Å².